The molecule has 0 amide bonds. The fraction of sp³-hybridized carbons (Fsp3) is 0.750. The molecule has 2 heterocycles. The molecule has 2 rings (SSSR count). The van der Waals surface area contributed by atoms with Gasteiger partial charge in [0.05, 0.1) is 6.61 Å². The number of rotatable bonds is 1. The van der Waals surface area contributed by atoms with Crippen molar-refractivity contribution in [3.63, 3.8) is 0 Å². The number of nitrogens with zero attached hydrogens (tertiary/aromatic N) is 2. The fourth-order valence-corrected chi connectivity index (χ4v) is 2.35. The zero-order chi connectivity index (χ0) is 9.31. The first-order chi connectivity index (χ1) is 6.21. The van der Waals surface area contributed by atoms with E-state index in [9.17, 15) is 0 Å². The molecule has 72 valence electrons. The number of hydrogen-bond acceptors (Lipinski definition) is 5. The van der Waals surface area contributed by atoms with Gasteiger partial charge in [0.1, 0.15) is 5.01 Å². The first-order valence-electron chi connectivity index (χ1n) is 4.38. The van der Waals surface area contributed by atoms with Gasteiger partial charge < -0.3 is 10.5 Å². The van der Waals surface area contributed by atoms with Gasteiger partial charge in [0.2, 0.25) is 5.13 Å². The molecule has 0 radical (unpaired) electrons. The van der Waals surface area contributed by atoms with E-state index in [1.54, 1.807) is 0 Å². The second-order valence-electron chi connectivity index (χ2n) is 3.66. The summed E-state index contributed by atoms with van der Waals surface area (Å²) in [6, 6.07) is 0. The highest BCUT2D eigenvalue weighted by Gasteiger charge is 2.33. The number of nitrogen functional groups attached to an aromatic ring is 1. The van der Waals surface area contributed by atoms with E-state index < -0.39 is 0 Å². The maximum atomic E-state index is 5.55. The third kappa shape index (κ3) is 1.66. The summed E-state index contributed by atoms with van der Waals surface area (Å²) in [4.78, 5) is 0. The van der Waals surface area contributed by atoms with Crippen LogP contribution in [0.2, 0.25) is 0 Å². The average Bonchev–Trinajstić information content (AvgIpc) is 2.54. The number of aromatic nitrogens is 2. The number of anilines is 1. The Bertz CT molecular complexity index is 293. The fourth-order valence-electron chi connectivity index (χ4n) is 1.58. The number of hydrogen-bond donors (Lipinski definition) is 1. The second-order valence-corrected chi connectivity index (χ2v) is 4.67. The lowest BCUT2D eigenvalue weighted by atomic mass is 9.86. The lowest BCUT2D eigenvalue weighted by Crippen LogP contribution is -2.32. The highest BCUT2D eigenvalue weighted by molar-refractivity contribution is 7.15. The van der Waals surface area contributed by atoms with Gasteiger partial charge in [0.15, 0.2) is 0 Å². The Morgan fingerprint density at radius 1 is 1.54 bits per heavy atom. The van der Waals surface area contributed by atoms with Crippen molar-refractivity contribution in [1.82, 2.24) is 10.2 Å². The van der Waals surface area contributed by atoms with Crippen LogP contribution in [0.5, 0.6) is 0 Å². The summed E-state index contributed by atoms with van der Waals surface area (Å²) < 4.78 is 5.45. The van der Waals surface area contributed by atoms with Crippen molar-refractivity contribution >= 4 is 16.5 Å². The van der Waals surface area contributed by atoms with Gasteiger partial charge in [-0.25, -0.2) is 0 Å². The third-order valence-corrected chi connectivity index (χ3v) is 3.45. The first-order valence-corrected chi connectivity index (χ1v) is 5.20. The molecule has 0 bridgehead atoms. The van der Waals surface area contributed by atoms with Crippen molar-refractivity contribution in [2.75, 3.05) is 18.9 Å². The van der Waals surface area contributed by atoms with Crippen LogP contribution in [0.25, 0.3) is 0 Å². The summed E-state index contributed by atoms with van der Waals surface area (Å²) in [5.41, 5.74) is 5.58. The Morgan fingerprint density at radius 3 is 2.92 bits per heavy atom. The molecular weight excluding hydrogens is 186 g/mol. The molecule has 1 saturated heterocycles. The lowest BCUT2D eigenvalue weighted by Gasteiger charge is -2.30. The minimum atomic E-state index is 0.0353. The Hall–Kier alpha value is -0.680. The largest absolute Gasteiger partial charge is 0.380 e. The summed E-state index contributed by atoms with van der Waals surface area (Å²) in [6.07, 6.45) is 2.21. The van der Waals surface area contributed by atoms with Crippen molar-refractivity contribution in [1.29, 1.82) is 0 Å². The topological polar surface area (TPSA) is 61.0 Å². The van der Waals surface area contributed by atoms with Crippen LogP contribution >= 0.6 is 11.3 Å². The molecule has 5 heteroatoms. The lowest BCUT2D eigenvalue weighted by molar-refractivity contribution is 0.0416. The number of ether oxygens (including phenoxy) is 1. The molecule has 1 atom stereocenters. The minimum absolute atomic E-state index is 0.0353. The molecule has 0 aliphatic carbocycles. The molecule has 1 unspecified atom stereocenters. The predicted molar refractivity (Wildman–Crippen MR) is 51.7 cm³/mol. The van der Waals surface area contributed by atoms with Crippen molar-refractivity contribution in [2.24, 2.45) is 0 Å². The molecule has 1 aromatic rings. The molecule has 1 fully saturated rings. The molecule has 1 aliphatic rings. The van der Waals surface area contributed by atoms with Crippen LogP contribution in [0.1, 0.15) is 24.8 Å². The minimum Gasteiger partial charge on any atom is -0.380 e. The summed E-state index contributed by atoms with van der Waals surface area (Å²) in [7, 11) is 0. The van der Waals surface area contributed by atoms with Gasteiger partial charge in [-0.3, -0.25) is 0 Å². The van der Waals surface area contributed by atoms with Gasteiger partial charge in [-0.15, -0.1) is 10.2 Å². The van der Waals surface area contributed by atoms with Gasteiger partial charge in [-0.2, -0.15) is 0 Å². The number of nitrogens with two attached hydrogens (primary N) is 1. The zero-order valence-electron chi connectivity index (χ0n) is 7.62. The van der Waals surface area contributed by atoms with Gasteiger partial charge in [0, 0.05) is 12.0 Å². The Balaban J connectivity index is 2.22. The van der Waals surface area contributed by atoms with Gasteiger partial charge >= 0.3 is 0 Å². The average molecular weight is 199 g/mol. The highest BCUT2D eigenvalue weighted by atomic mass is 32.1. The van der Waals surface area contributed by atoms with Crippen molar-refractivity contribution < 1.29 is 4.74 Å². The van der Waals surface area contributed by atoms with Crippen LogP contribution in [0.3, 0.4) is 0 Å². The standard InChI is InChI=1S/C8H13N3OS/c1-8(3-2-4-12-5-8)6-10-11-7(9)13-6/h2-5H2,1H3,(H2,9,11). The maximum absolute atomic E-state index is 5.55. The van der Waals surface area contributed by atoms with Crippen LogP contribution in [-0.4, -0.2) is 23.4 Å². The van der Waals surface area contributed by atoms with Crippen molar-refractivity contribution in [2.45, 2.75) is 25.2 Å². The summed E-state index contributed by atoms with van der Waals surface area (Å²) in [5, 5.41) is 9.45. The van der Waals surface area contributed by atoms with Crippen LogP contribution < -0.4 is 5.73 Å². The predicted octanol–water partition coefficient (Wildman–Crippen LogP) is 1.19. The monoisotopic (exact) mass is 199 g/mol. The quantitative estimate of drug-likeness (QED) is 0.738. The molecule has 13 heavy (non-hydrogen) atoms. The summed E-state index contributed by atoms with van der Waals surface area (Å²) in [5.74, 6) is 0. The van der Waals surface area contributed by atoms with Crippen LogP contribution in [0.15, 0.2) is 0 Å². The van der Waals surface area contributed by atoms with Crippen LogP contribution in [0.4, 0.5) is 5.13 Å². The summed E-state index contributed by atoms with van der Waals surface area (Å²) >= 11 is 1.47. The zero-order valence-corrected chi connectivity index (χ0v) is 8.43. The molecule has 4 nitrogen and oxygen atoms in total. The van der Waals surface area contributed by atoms with E-state index in [0.29, 0.717) is 5.13 Å². The van der Waals surface area contributed by atoms with E-state index >= 15 is 0 Å². The smallest absolute Gasteiger partial charge is 0.203 e. The first kappa shape index (κ1) is 8.90. The van der Waals surface area contributed by atoms with Gasteiger partial charge in [-0.1, -0.05) is 18.3 Å². The maximum Gasteiger partial charge on any atom is 0.203 e. The van der Waals surface area contributed by atoms with E-state index in [1.807, 2.05) is 0 Å². The third-order valence-electron chi connectivity index (χ3n) is 2.39. The van der Waals surface area contributed by atoms with Crippen LogP contribution in [0, 0.1) is 0 Å². The molecule has 0 saturated carbocycles. The van der Waals surface area contributed by atoms with E-state index in [-0.39, 0.29) is 5.41 Å². The van der Waals surface area contributed by atoms with Gasteiger partial charge in [0.25, 0.3) is 0 Å². The molecule has 1 aromatic heterocycles. The second kappa shape index (κ2) is 3.23. The Morgan fingerprint density at radius 2 is 2.38 bits per heavy atom. The van der Waals surface area contributed by atoms with Gasteiger partial charge in [-0.05, 0) is 12.8 Å². The Labute approximate surface area is 81.1 Å². The molecule has 0 spiro atoms. The highest BCUT2D eigenvalue weighted by Crippen LogP contribution is 2.34. The van der Waals surface area contributed by atoms with E-state index in [2.05, 4.69) is 17.1 Å². The molecular formula is C8H13N3OS. The van der Waals surface area contributed by atoms with E-state index in [4.69, 9.17) is 10.5 Å². The molecule has 2 N–H and O–H groups in total. The molecule has 1 aliphatic heterocycles. The SMILES string of the molecule is CC1(c2nnc(N)s2)CCCOC1. The van der Waals surface area contributed by atoms with E-state index in [1.165, 1.54) is 11.3 Å². The Kier molecular flexibility index (Phi) is 2.21. The van der Waals surface area contributed by atoms with Crippen LogP contribution in [-0.2, 0) is 10.2 Å². The van der Waals surface area contributed by atoms with E-state index in [0.717, 1.165) is 31.1 Å². The normalized spacial score (nSPS) is 29.0. The molecule has 0 aromatic carbocycles. The summed E-state index contributed by atoms with van der Waals surface area (Å²) in [6.45, 7) is 3.76. The van der Waals surface area contributed by atoms with Crippen molar-refractivity contribution in [3.05, 3.63) is 5.01 Å². The van der Waals surface area contributed by atoms with Crippen molar-refractivity contribution in [3.8, 4) is 0 Å².